The van der Waals surface area contributed by atoms with E-state index < -0.39 is 6.10 Å². The Morgan fingerprint density at radius 2 is 1.71 bits per heavy atom. The minimum absolute atomic E-state index is 0.326. The van der Waals surface area contributed by atoms with Crippen LogP contribution in [0.4, 0.5) is 10.1 Å². The van der Waals surface area contributed by atoms with E-state index in [4.69, 9.17) is 9.47 Å². The molecule has 0 radical (unpaired) electrons. The molecular formula is C16H16FNO3. The number of ether oxygens (including phenoxy) is 2. The number of benzene rings is 2. The highest BCUT2D eigenvalue weighted by atomic mass is 19.1. The van der Waals surface area contributed by atoms with Crippen LogP contribution < -0.4 is 14.8 Å². The molecule has 4 nitrogen and oxygen atoms in total. The normalized spacial score (nSPS) is 11.6. The zero-order valence-electron chi connectivity index (χ0n) is 11.8. The topological polar surface area (TPSA) is 47.6 Å². The second-order valence-corrected chi connectivity index (χ2v) is 4.41. The Kier molecular flexibility index (Phi) is 4.77. The third-order valence-electron chi connectivity index (χ3n) is 2.85. The van der Waals surface area contributed by atoms with Gasteiger partial charge in [-0.25, -0.2) is 4.39 Å². The number of anilines is 1. The summed E-state index contributed by atoms with van der Waals surface area (Å²) in [7, 11) is 1.53. The second kappa shape index (κ2) is 6.74. The molecule has 5 heteroatoms. The molecule has 0 fully saturated rings. The largest absolute Gasteiger partial charge is 0.493 e. The lowest BCUT2D eigenvalue weighted by Gasteiger charge is -2.16. The van der Waals surface area contributed by atoms with Gasteiger partial charge < -0.3 is 14.8 Å². The minimum atomic E-state index is -0.716. The van der Waals surface area contributed by atoms with E-state index in [9.17, 15) is 9.18 Å². The van der Waals surface area contributed by atoms with E-state index in [2.05, 4.69) is 5.32 Å². The fourth-order valence-electron chi connectivity index (χ4n) is 1.74. The van der Waals surface area contributed by atoms with Gasteiger partial charge in [0, 0.05) is 5.69 Å². The molecular weight excluding hydrogens is 273 g/mol. The van der Waals surface area contributed by atoms with Crippen LogP contribution in [0.3, 0.4) is 0 Å². The number of rotatable bonds is 5. The molecule has 2 aromatic carbocycles. The van der Waals surface area contributed by atoms with Crippen LogP contribution in [0.25, 0.3) is 0 Å². The maximum Gasteiger partial charge on any atom is 0.265 e. The van der Waals surface area contributed by atoms with Crippen LogP contribution in [-0.2, 0) is 4.79 Å². The van der Waals surface area contributed by atoms with E-state index in [-0.39, 0.29) is 11.7 Å². The van der Waals surface area contributed by atoms with Crippen molar-refractivity contribution in [2.45, 2.75) is 13.0 Å². The first-order chi connectivity index (χ1) is 10.1. The summed E-state index contributed by atoms with van der Waals surface area (Å²) < 4.78 is 23.5. The van der Waals surface area contributed by atoms with Crippen molar-refractivity contribution in [2.24, 2.45) is 0 Å². The highest BCUT2D eigenvalue weighted by molar-refractivity contribution is 5.94. The molecule has 0 bridgehead atoms. The summed E-state index contributed by atoms with van der Waals surface area (Å²) in [4.78, 5) is 12.0. The number of nitrogens with one attached hydrogen (secondary N) is 1. The number of para-hydroxylation sites is 2. The number of hydrogen-bond acceptors (Lipinski definition) is 3. The second-order valence-electron chi connectivity index (χ2n) is 4.41. The quantitative estimate of drug-likeness (QED) is 0.919. The molecule has 2 aromatic rings. The monoisotopic (exact) mass is 289 g/mol. The van der Waals surface area contributed by atoms with Gasteiger partial charge in [-0.05, 0) is 43.3 Å². The molecule has 0 aromatic heterocycles. The number of hydrogen-bond donors (Lipinski definition) is 1. The number of carbonyl (C=O) groups is 1. The number of halogens is 1. The molecule has 0 spiro atoms. The molecule has 0 aliphatic heterocycles. The van der Waals surface area contributed by atoms with E-state index in [0.717, 1.165) is 0 Å². The summed E-state index contributed by atoms with van der Waals surface area (Å²) >= 11 is 0. The third-order valence-corrected chi connectivity index (χ3v) is 2.85. The molecule has 1 amide bonds. The first kappa shape index (κ1) is 14.8. The van der Waals surface area contributed by atoms with Crippen LogP contribution in [0.5, 0.6) is 11.5 Å². The smallest absolute Gasteiger partial charge is 0.265 e. The van der Waals surface area contributed by atoms with Crippen molar-refractivity contribution in [3.05, 3.63) is 54.3 Å². The van der Waals surface area contributed by atoms with Crippen LogP contribution >= 0.6 is 0 Å². The van der Waals surface area contributed by atoms with Crippen LogP contribution in [0.2, 0.25) is 0 Å². The minimum Gasteiger partial charge on any atom is -0.493 e. The average Bonchev–Trinajstić information content (AvgIpc) is 2.50. The Hall–Kier alpha value is -2.56. The lowest BCUT2D eigenvalue weighted by molar-refractivity contribution is -0.122. The highest BCUT2D eigenvalue weighted by Crippen LogP contribution is 2.26. The van der Waals surface area contributed by atoms with Gasteiger partial charge in [0.15, 0.2) is 17.6 Å². The first-order valence-corrected chi connectivity index (χ1v) is 6.46. The predicted octanol–water partition coefficient (Wildman–Crippen LogP) is 3.24. The molecule has 1 N–H and O–H groups in total. The molecule has 0 aliphatic carbocycles. The Morgan fingerprint density at radius 3 is 2.33 bits per heavy atom. The summed E-state index contributed by atoms with van der Waals surface area (Å²) in [6.45, 7) is 1.63. The molecule has 0 saturated carbocycles. The lowest BCUT2D eigenvalue weighted by Crippen LogP contribution is -2.30. The van der Waals surface area contributed by atoms with Crippen molar-refractivity contribution >= 4 is 11.6 Å². The van der Waals surface area contributed by atoms with Crippen molar-refractivity contribution in [3.63, 3.8) is 0 Å². The average molecular weight is 289 g/mol. The predicted molar refractivity (Wildman–Crippen MR) is 78.1 cm³/mol. The van der Waals surface area contributed by atoms with Gasteiger partial charge in [0.2, 0.25) is 0 Å². The van der Waals surface area contributed by atoms with Gasteiger partial charge in [-0.1, -0.05) is 12.1 Å². The molecule has 0 saturated heterocycles. The van der Waals surface area contributed by atoms with E-state index in [1.165, 1.54) is 31.4 Å². The van der Waals surface area contributed by atoms with Gasteiger partial charge >= 0.3 is 0 Å². The van der Waals surface area contributed by atoms with Crippen molar-refractivity contribution < 1.29 is 18.7 Å². The maximum atomic E-state index is 12.8. The zero-order chi connectivity index (χ0) is 15.2. The highest BCUT2D eigenvalue weighted by Gasteiger charge is 2.16. The third kappa shape index (κ3) is 3.95. The number of amides is 1. The summed E-state index contributed by atoms with van der Waals surface area (Å²) in [6.07, 6.45) is -0.716. The number of methoxy groups -OCH3 is 1. The van der Waals surface area contributed by atoms with Crippen LogP contribution in [0.1, 0.15) is 6.92 Å². The van der Waals surface area contributed by atoms with E-state index in [1.54, 1.807) is 25.1 Å². The van der Waals surface area contributed by atoms with Gasteiger partial charge in [-0.15, -0.1) is 0 Å². The number of carbonyl (C=O) groups excluding carboxylic acids is 1. The first-order valence-electron chi connectivity index (χ1n) is 6.46. The summed E-state index contributed by atoms with van der Waals surface area (Å²) in [5, 5.41) is 2.66. The van der Waals surface area contributed by atoms with Crippen molar-refractivity contribution in [3.8, 4) is 11.5 Å². The van der Waals surface area contributed by atoms with Gasteiger partial charge in [0.05, 0.1) is 7.11 Å². The molecule has 0 aliphatic rings. The van der Waals surface area contributed by atoms with Gasteiger partial charge in [-0.2, -0.15) is 0 Å². The maximum absolute atomic E-state index is 12.8. The summed E-state index contributed by atoms with van der Waals surface area (Å²) in [5.74, 6) is 0.361. The summed E-state index contributed by atoms with van der Waals surface area (Å²) in [5.41, 5.74) is 0.511. The zero-order valence-corrected chi connectivity index (χ0v) is 11.8. The molecule has 0 unspecified atom stereocenters. The lowest BCUT2D eigenvalue weighted by atomic mass is 10.3. The van der Waals surface area contributed by atoms with E-state index in [0.29, 0.717) is 17.2 Å². The van der Waals surface area contributed by atoms with Gasteiger partial charge in [0.1, 0.15) is 5.82 Å². The Bertz CT molecular complexity index is 613. The molecule has 1 atom stereocenters. The van der Waals surface area contributed by atoms with Crippen LogP contribution in [0.15, 0.2) is 48.5 Å². The Labute approximate surface area is 122 Å². The van der Waals surface area contributed by atoms with E-state index in [1.807, 2.05) is 6.07 Å². The van der Waals surface area contributed by atoms with Gasteiger partial charge in [0.25, 0.3) is 5.91 Å². The Morgan fingerprint density at radius 1 is 1.10 bits per heavy atom. The van der Waals surface area contributed by atoms with Crippen LogP contribution in [-0.4, -0.2) is 19.1 Å². The standard InChI is InChI=1S/C16H16FNO3/c1-11(21-15-6-4-3-5-14(15)20-2)16(19)18-13-9-7-12(17)8-10-13/h3-11H,1-2H3,(H,18,19)/t11-/m0/s1. The summed E-state index contributed by atoms with van der Waals surface area (Å²) in [6, 6.07) is 12.6. The SMILES string of the molecule is COc1ccccc1O[C@@H](C)C(=O)Nc1ccc(F)cc1. The molecule has 0 heterocycles. The molecule has 110 valence electrons. The van der Waals surface area contributed by atoms with E-state index >= 15 is 0 Å². The van der Waals surface area contributed by atoms with Gasteiger partial charge in [-0.3, -0.25) is 4.79 Å². The van der Waals surface area contributed by atoms with Crippen LogP contribution in [0, 0.1) is 5.82 Å². The Balaban J connectivity index is 2.01. The molecule has 21 heavy (non-hydrogen) atoms. The van der Waals surface area contributed by atoms with Crippen molar-refractivity contribution in [2.75, 3.05) is 12.4 Å². The fraction of sp³-hybridized carbons (Fsp3) is 0.188. The van der Waals surface area contributed by atoms with Crippen molar-refractivity contribution in [1.82, 2.24) is 0 Å². The van der Waals surface area contributed by atoms with Crippen molar-refractivity contribution in [1.29, 1.82) is 0 Å². The molecule has 2 rings (SSSR count). The fourth-order valence-corrected chi connectivity index (χ4v) is 1.74.